The first-order valence-electron chi connectivity index (χ1n) is 9.62. The number of aromatic nitrogens is 1. The lowest BCUT2D eigenvalue weighted by molar-refractivity contribution is -0.143. The number of likely N-dealkylation sites (N-methyl/N-ethyl adjacent to an activating group) is 1. The number of nitrogens with zero attached hydrogens (tertiary/aromatic N) is 2. The predicted octanol–water partition coefficient (Wildman–Crippen LogP) is 4.26. The molecule has 0 aliphatic carbocycles. The van der Waals surface area contributed by atoms with Gasteiger partial charge in [0.2, 0.25) is 5.78 Å². The van der Waals surface area contributed by atoms with Crippen molar-refractivity contribution in [3.8, 4) is 5.69 Å². The lowest BCUT2D eigenvalue weighted by atomic mass is 10.1. The van der Waals surface area contributed by atoms with Crippen LogP contribution in [0.2, 0.25) is 0 Å². The monoisotopic (exact) mass is 486 g/mol. The fourth-order valence-electron chi connectivity index (χ4n) is 3.33. The summed E-state index contributed by atoms with van der Waals surface area (Å²) in [6.07, 6.45) is 1.38. The first-order chi connectivity index (χ1) is 14.7. The van der Waals surface area contributed by atoms with Crippen molar-refractivity contribution in [2.45, 2.75) is 20.8 Å². The van der Waals surface area contributed by atoms with Gasteiger partial charge >= 0.3 is 5.97 Å². The Kier molecular flexibility index (Phi) is 6.80. The van der Waals surface area contributed by atoms with E-state index in [4.69, 9.17) is 9.15 Å². The van der Waals surface area contributed by atoms with Gasteiger partial charge in [-0.3, -0.25) is 14.4 Å². The number of ether oxygens (including phenoxy) is 1. The fourth-order valence-corrected chi connectivity index (χ4v) is 3.58. The first-order valence-corrected chi connectivity index (χ1v) is 10.4. The van der Waals surface area contributed by atoms with Gasteiger partial charge in [0.1, 0.15) is 6.54 Å². The van der Waals surface area contributed by atoms with E-state index in [1.807, 2.05) is 43.5 Å². The average molecular weight is 487 g/mol. The Hall–Kier alpha value is -3.13. The Bertz CT molecular complexity index is 1130. The minimum atomic E-state index is -0.673. The summed E-state index contributed by atoms with van der Waals surface area (Å²) >= 11 is 3.50. The van der Waals surface area contributed by atoms with Crippen LogP contribution >= 0.6 is 15.9 Å². The first kappa shape index (κ1) is 22.6. The highest BCUT2D eigenvalue weighted by atomic mass is 79.9. The molecule has 162 valence electrons. The summed E-state index contributed by atoms with van der Waals surface area (Å²) in [5.74, 6) is -1.29. The van der Waals surface area contributed by atoms with E-state index in [1.165, 1.54) is 24.3 Å². The number of rotatable bonds is 7. The Morgan fingerprint density at radius 1 is 1.13 bits per heavy atom. The number of ketones is 1. The molecule has 0 atom stereocenters. The van der Waals surface area contributed by atoms with E-state index in [-0.39, 0.29) is 18.1 Å². The van der Waals surface area contributed by atoms with Crippen molar-refractivity contribution in [2.24, 2.45) is 0 Å². The molecule has 2 aromatic heterocycles. The molecule has 0 spiro atoms. The molecular weight excluding hydrogens is 464 g/mol. The quantitative estimate of drug-likeness (QED) is 0.368. The van der Waals surface area contributed by atoms with Gasteiger partial charge in [-0.1, -0.05) is 15.9 Å². The zero-order chi connectivity index (χ0) is 22.7. The number of esters is 1. The molecule has 0 bridgehead atoms. The maximum Gasteiger partial charge on any atom is 0.326 e. The van der Waals surface area contributed by atoms with Gasteiger partial charge in [-0.15, -0.1) is 0 Å². The number of hydrogen-bond acceptors (Lipinski definition) is 5. The molecule has 7 nitrogen and oxygen atoms in total. The Labute approximate surface area is 188 Å². The van der Waals surface area contributed by atoms with Gasteiger partial charge in [0.05, 0.1) is 6.26 Å². The summed E-state index contributed by atoms with van der Waals surface area (Å²) in [7, 11) is 1.46. The van der Waals surface area contributed by atoms with Crippen LogP contribution in [0.5, 0.6) is 0 Å². The molecule has 1 aromatic carbocycles. The maximum atomic E-state index is 12.7. The summed E-state index contributed by atoms with van der Waals surface area (Å²) in [4.78, 5) is 38.1. The van der Waals surface area contributed by atoms with Crippen LogP contribution in [0.4, 0.5) is 0 Å². The summed E-state index contributed by atoms with van der Waals surface area (Å²) in [5.41, 5.74) is 4.19. The van der Waals surface area contributed by atoms with Gasteiger partial charge in [0, 0.05) is 34.2 Å². The molecule has 3 aromatic rings. The second-order valence-electron chi connectivity index (χ2n) is 7.28. The highest BCUT2D eigenvalue weighted by Gasteiger charge is 2.21. The number of amides is 1. The zero-order valence-electron chi connectivity index (χ0n) is 17.8. The maximum absolute atomic E-state index is 12.7. The van der Waals surface area contributed by atoms with E-state index in [2.05, 4.69) is 15.9 Å². The molecule has 0 aliphatic rings. The molecule has 0 fully saturated rings. The van der Waals surface area contributed by atoms with Gasteiger partial charge in [-0.2, -0.15) is 0 Å². The number of aryl methyl sites for hydroxylation is 2. The highest BCUT2D eigenvalue weighted by molar-refractivity contribution is 9.10. The normalized spacial score (nSPS) is 10.7. The number of furan rings is 1. The summed E-state index contributed by atoms with van der Waals surface area (Å²) in [6.45, 7) is 5.09. The van der Waals surface area contributed by atoms with E-state index in [0.29, 0.717) is 5.56 Å². The van der Waals surface area contributed by atoms with Crippen LogP contribution in [0.25, 0.3) is 5.69 Å². The van der Waals surface area contributed by atoms with Crippen molar-refractivity contribution >= 4 is 33.6 Å². The molecule has 2 heterocycles. The third-order valence-corrected chi connectivity index (χ3v) is 5.83. The fraction of sp³-hybridized carbons (Fsp3) is 0.261. The van der Waals surface area contributed by atoms with Crippen molar-refractivity contribution in [1.82, 2.24) is 9.47 Å². The van der Waals surface area contributed by atoms with E-state index in [1.54, 1.807) is 12.1 Å². The van der Waals surface area contributed by atoms with Gasteiger partial charge in [-0.05, 0) is 62.7 Å². The summed E-state index contributed by atoms with van der Waals surface area (Å²) < 4.78 is 13.1. The van der Waals surface area contributed by atoms with E-state index in [9.17, 15) is 14.4 Å². The van der Waals surface area contributed by atoms with Crippen LogP contribution in [-0.2, 0) is 9.53 Å². The predicted molar refractivity (Wildman–Crippen MR) is 119 cm³/mol. The van der Waals surface area contributed by atoms with Crippen LogP contribution in [0.1, 0.15) is 37.9 Å². The average Bonchev–Trinajstić information content (AvgIpc) is 3.36. The Morgan fingerprint density at radius 2 is 1.87 bits per heavy atom. The number of carbonyl (C=O) groups is 3. The second-order valence-corrected chi connectivity index (χ2v) is 8.13. The third kappa shape index (κ3) is 4.96. The summed E-state index contributed by atoms with van der Waals surface area (Å²) in [6, 6.07) is 10.9. The number of benzene rings is 1. The van der Waals surface area contributed by atoms with Crippen LogP contribution in [0.3, 0.4) is 0 Å². The van der Waals surface area contributed by atoms with Crippen LogP contribution in [-0.4, -0.2) is 47.3 Å². The molecular formula is C23H23BrN2O5. The Balaban J connectivity index is 1.65. The molecule has 0 N–H and O–H groups in total. The number of Topliss-reactive ketones (excluding diaryl/α,β-unsaturated/α-hetero) is 1. The largest absolute Gasteiger partial charge is 0.459 e. The molecule has 3 rings (SSSR count). The molecule has 0 unspecified atom stereocenters. The molecule has 31 heavy (non-hydrogen) atoms. The van der Waals surface area contributed by atoms with Crippen molar-refractivity contribution in [2.75, 3.05) is 20.2 Å². The number of hydrogen-bond donors (Lipinski definition) is 0. The SMILES string of the molecule is Cc1cc(-n2c(C)cc(C(=O)COC(=O)CN(C)C(=O)c3ccco3)c2C)ccc1Br. The van der Waals surface area contributed by atoms with E-state index in [0.717, 1.165) is 27.1 Å². The van der Waals surface area contributed by atoms with Crippen molar-refractivity contribution in [3.05, 3.63) is 75.4 Å². The topological polar surface area (TPSA) is 81.8 Å². The van der Waals surface area contributed by atoms with Gasteiger partial charge in [0.25, 0.3) is 5.91 Å². The Morgan fingerprint density at radius 3 is 2.52 bits per heavy atom. The van der Waals surface area contributed by atoms with E-state index < -0.39 is 18.5 Å². The molecule has 0 saturated heterocycles. The molecule has 8 heteroatoms. The summed E-state index contributed by atoms with van der Waals surface area (Å²) in [5, 5.41) is 0. The van der Waals surface area contributed by atoms with Gasteiger partial charge < -0.3 is 18.6 Å². The highest BCUT2D eigenvalue weighted by Crippen LogP contribution is 2.25. The zero-order valence-corrected chi connectivity index (χ0v) is 19.4. The van der Waals surface area contributed by atoms with Crippen molar-refractivity contribution in [1.29, 1.82) is 0 Å². The number of halogens is 1. The van der Waals surface area contributed by atoms with E-state index >= 15 is 0 Å². The lowest BCUT2D eigenvalue weighted by Crippen LogP contribution is -2.33. The standard InChI is InChI=1S/C23H23BrN2O5/c1-14-10-17(7-8-19(14)24)26-15(2)11-18(16(26)3)20(27)13-31-22(28)12-25(4)23(29)21-6-5-9-30-21/h5-11H,12-13H2,1-4H3. The van der Waals surface area contributed by atoms with Crippen LogP contribution in [0.15, 0.2) is 51.6 Å². The van der Waals surface area contributed by atoms with Gasteiger partial charge in [0.15, 0.2) is 12.4 Å². The second kappa shape index (κ2) is 9.34. The third-order valence-electron chi connectivity index (χ3n) is 4.94. The molecule has 0 aliphatic heterocycles. The molecule has 1 amide bonds. The van der Waals surface area contributed by atoms with Gasteiger partial charge in [-0.25, -0.2) is 0 Å². The molecule has 0 saturated carbocycles. The minimum absolute atomic E-state index is 0.127. The van der Waals surface area contributed by atoms with Crippen molar-refractivity contribution in [3.63, 3.8) is 0 Å². The van der Waals surface area contributed by atoms with Crippen molar-refractivity contribution < 1.29 is 23.5 Å². The smallest absolute Gasteiger partial charge is 0.326 e. The molecule has 0 radical (unpaired) electrons. The number of carbonyl (C=O) groups excluding carboxylic acids is 3. The van der Waals surface area contributed by atoms with Crippen LogP contribution < -0.4 is 0 Å². The van der Waals surface area contributed by atoms with Crippen LogP contribution in [0, 0.1) is 20.8 Å². The lowest BCUT2D eigenvalue weighted by Gasteiger charge is -2.14. The minimum Gasteiger partial charge on any atom is -0.459 e.